The minimum absolute atomic E-state index is 0.0258. The molecule has 0 amide bonds. The lowest BCUT2D eigenvalue weighted by atomic mass is 10.1. The van der Waals surface area contributed by atoms with E-state index in [-0.39, 0.29) is 24.5 Å². The second-order valence-electron chi connectivity index (χ2n) is 7.67. The number of nitrogens with one attached hydrogen (secondary N) is 1. The molecule has 0 saturated carbocycles. The van der Waals surface area contributed by atoms with Gasteiger partial charge in [-0.05, 0) is 55.2 Å². The quantitative estimate of drug-likeness (QED) is 0.404. The normalized spacial score (nSPS) is 11.4. The number of aromatic amines is 1. The SMILES string of the molecule is Cc1nc(N)c2[nH]c(=O)n(Cc3ccc(Oc4ccc(CCCC(F)F)cc4)c(F)c3)c2n1. The Balaban J connectivity index is 1.47. The van der Waals surface area contributed by atoms with Gasteiger partial charge in [-0.25, -0.2) is 27.9 Å². The predicted molar refractivity (Wildman–Crippen MR) is 118 cm³/mol. The third-order valence-electron chi connectivity index (χ3n) is 5.14. The number of rotatable bonds is 8. The van der Waals surface area contributed by atoms with Crippen LogP contribution in [0.25, 0.3) is 11.2 Å². The number of aromatic nitrogens is 4. The van der Waals surface area contributed by atoms with Crippen LogP contribution in [0.5, 0.6) is 11.5 Å². The number of benzene rings is 2. The maximum Gasteiger partial charge on any atom is 0.328 e. The molecule has 0 aliphatic rings. The Morgan fingerprint density at radius 2 is 1.85 bits per heavy atom. The Bertz CT molecular complexity index is 1330. The molecule has 0 bridgehead atoms. The molecule has 2 aromatic carbocycles. The van der Waals surface area contributed by atoms with E-state index in [4.69, 9.17) is 10.5 Å². The molecule has 172 valence electrons. The highest BCUT2D eigenvalue weighted by atomic mass is 19.3. The first kappa shape index (κ1) is 22.4. The number of nitrogens with zero attached hydrogens (tertiary/aromatic N) is 3. The minimum atomic E-state index is -2.30. The molecule has 4 aromatic rings. The van der Waals surface area contributed by atoms with E-state index in [1.165, 1.54) is 16.7 Å². The zero-order valence-electron chi connectivity index (χ0n) is 17.8. The molecule has 4 rings (SSSR count). The Morgan fingerprint density at radius 3 is 2.55 bits per heavy atom. The molecule has 0 fully saturated rings. The van der Waals surface area contributed by atoms with Crippen molar-refractivity contribution in [2.24, 2.45) is 0 Å². The zero-order chi connectivity index (χ0) is 23.5. The zero-order valence-corrected chi connectivity index (χ0v) is 17.8. The number of hydrogen-bond acceptors (Lipinski definition) is 5. The van der Waals surface area contributed by atoms with E-state index in [1.807, 2.05) is 0 Å². The van der Waals surface area contributed by atoms with Crippen LogP contribution in [0.15, 0.2) is 47.3 Å². The number of anilines is 1. The number of aryl methyl sites for hydroxylation is 2. The van der Waals surface area contributed by atoms with Gasteiger partial charge in [-0.3, -0.25) is 4.57 Å². The number of nitrogens with two attached hydrogens (primary N) is 1. The van der Waals surface area contributed by atoms with Crippen LogP contribution in [-0.4, -0.2) is 25.9 Å². The van der Waals surface area contributed by atoms with Crippen molar-refractivity contribution >= 4 is 17.0 Å². The molecule has 0 saturated heterocycles. The number of nitrogen functional groups attached to an aromatic ring is 1. The lowest BCUT2D eigenvalue weighted by Gasteiger charge is -2.10. The molecule has 0 spiro atoms. The Hall–Kier alpha value is -3.82. The van der Waals surface area contributed by atoms with Crippen molar-refractivity contribution < 1.29 is 17.9 Å². The van der Waals surface area contributed by atoms with Crippen LogP contribution in [0.3, 0.4) is 0 Å². The Labute approximate surface area is 187 Å². The van der Waals surface area contributed by atoms with Crippen molar-refractivity contribution in [1.29, 1.82) is 0 Å². The summed E-state index contributed by atoms with van der Waals surface area (Å²) in [5.74, 6) is 0.449. The Morgan fingerprint density at radius 1 is 1.12 bits per heavy atom. The summed E-state index contributed by atoms with van der Waals surface area (Å²) in [7, 11) is 0. The van der Waals surface area contributed by atoms with Crippen molar-refractivity contribution in [2.45, 2.75) is 39.2 Å². The maximum atomic E-state index is 14.7. The standard InChI is InChI=1S/C23H22F3N5O2/c1-13-28-21(27)20-22(29-13)31(23(32)30-20)12-15-7-10-18(17(24)11-15)33-16-8-5-14(6-9-16)3-2-4-19(25)26/h5-11,19H,2-4,12H2,1H3,(H,30,32)(H2,27,28,29). The fourth-order valence-electron chi connectivity index (χ4n) is 3.53. The second kappa shape index (κ2) is 9.35. The van der Waals surface area contributed by atoms with Gasteiger partial charge in [-0.2, -0.15) is 0 Å². The fraction of sp³-hybridized carbons (Fsp3) is 0.261. The second-order valence-corrected chi connectivity index (χ2v) is 7.67. The van der Waals surface area contributed by atoms with Crippen LogP contribution in [0, 0.1) is 12.7 Å². The van der Waals surface area contributed by atoms with Gasteiger partial charge < -0.3 is 15.5 Å². The number of alkyl halides is 2. The van der Waals surface area contributed by atoms with E-state index in [0.717, 1.165) is 5.56 Å². The largest absolute Gasteiger partial charge is 0.454 e. The summed E-state index contributed by atoms with van der Waals surface area (Å²) in [4.78, 5) is 23.3. The summed E-state index contributed by atoms with van der Waals surface area (Å²) in [6.45, 7) is 1.75. The molecule has 0 aliphatic heterocycles. The lowest BCUT2D eigenvalue weighted by Crippen LogP contribution is -2.18. The highest BCUT2D eigenvalue weighted by Crippen LogP contribution is 2.26. The number of hydrogen-bond donors (Lipinski definition) is 2. The number of imidazole rings is 1. The fourth-order valence-corrected chi connectivity index (χ4v) is 3.53. The molecule has 33 heavy (non-hydrogen) atoms. The molecule has 7 nitrogen and oxygen atoms in total. The van der Waals surface area contributed by atoms with Crippen molar-refractivity contribution in [3.63, 3.8) is 0 Å². The van der Waals surface area contributed by atoms with Gasteiger partial charge in [-0.1, -0.05) is 18.2 Å². The average Bonchev–Trinajstić information content (AvgIpc) is 3.07. The molecule has 2 aromatic heterocycles. The van der Waals surface area contributed by atoms with Gasteiger partial charge in [0.05, 0.1) is 6.54 Å². The van der Waals surface area contributed by atoms with Crippen LogP contribution < -0.4 is 16.2 Å². The van der Waals surface area contributed by atoms with Gasteiger partial charge in [-0.15, -0.1) is 0 Å². The highest BCUT2D eigenvalue weighted by Gasteiger charge is 2.14. The molecular weight excluding hydrogens is 435 g/mol. The van der Waals surface area contributed by atoms with Crippen molar-refractivity contribution in [3.05, 3.63) is 75.7 Å². The number of fused-ring (bicyclic) bond motifs is 1. The van der Waals surface area contributed by atoms with Crippen molar-refractivity contribution in [2.75, 3.05) is 5.73 Å². The maximum absolute atomic E-state index is 14.7. The molecule has 0 radical (unpaired) electrons. The minimum Gasteiger partial charge on any atom is -0.454 e. The summed E-state index contributed by atoms with van der Waals surface area (Å²) >= 11 is 0. The van der Waals surface area contributed by atoms with Crippen LogP contribution in [-0.2, 0) is 13.0 Å². The highest BCUT2D eigenvalue weighted by molar-refractivity contribution is 5.81. The monoisotopic (exact) mass is 457 g/mol. The summed E-state index contributed by atoms with van der Waals surface area (Å²) in [6, 6.07) is 11.3. The predicted octanol–water partition coefficient (Wildman–Crippen LogP) is 4.58. The van der Waals surface area contributed by atoms with Gasteiger partial charge in [0.15, 0.2) is 23.0 Å². The number of ether oxygens (including phenoxy) is 1. The first-order valence-corrected chi connectivity index (χ1v) is 10.4. The number of halogens is 3. The van der Waals surface area contributed by atoms with Gasteiger partial charge in [0.2, 0.25) is 6.43 Å². The number of H-pyrrole nitrogens is 1. The molecule has 0 unspecified atom stereocenters. The van der Waals surface area contributed by atoms with E-state index in [2.05, 4.69) is 15.0 Å². The summed E-state index contributed by atoms with van der Waals surface area (Å²) < 4.78 is 46.2. The molecular formula is C23H22F3N5O2. The van der Waals surface area contributed by atoms with Gasteiger partial charge >= 0.3 is 5.69 Å². The summed E-state index contributed by atoms with van der Waals surface area (Å²) in [5.41, 5.74) is 7.55. The van der Waals surface area contributed by atoms with Crippen LogP contribution in [0.2, 0.25) is 0 Å². The summed E-state index contributed by atoms with van der Waals surface area (Å²) in [6.07, 6.45) is -1.51. The molecule has 2 heterocycles. The molecule has 0 aliphatic carbocycles. The van der Waals surface area contributed by atoms with Gasteiger partial charge in [0.25, 0.3) is 0 Å². The van der Waals surface area contributed by atoms with Crippen molar-refractivity contribution in [3.8, 4) is 11.5 Å². The lowest BCUT2D eigenvalue weighted by molar-refractivity contribution is 0.135. The molecule has 10 heteroatoms. The third kappa shape index (κ3) is 5.16. The van der Waals surface area contributed by atoms with Crippen LogP contribution in [0.1, 0.15) is 29.8 Å². The van der Waals surface area contributed by atoms with Crippen LogP contribution >= 0.6 is 0 Å². The smallest absolute Gasteiger partial charge is 0.328 e. The third-order valence-corrected chi connectivity index (χ3v) is 5.14. The summed E-state index contributed by atoms with van der Waals surface area (Å²) in [5, 5.41) is 0. The van der Waals surface area contributed by atoms with E-state index >= 15 is 0 Å². The first-order chi connectivity index (χ1) is 15.8. The Kier molecular flexibility index (Phi) is 6.34. The average molecular weight is 457 g/mol. The van der Waals surface area contributed by atoms with Gasteiger partial charge in [0, 0.05) is 6.42 Å². The van der Waals surface area contributed by atoms with Crippen LogP contribution in [0.4, 0.5) is 19.0 Å². The van der Waals surface area contributed by atoms with E-state index in [9.17, 15) is 18.0 Å². The molecule has 3 N–H and O–H groups in total. The van der Waals surface area contributed by atoms with Gasteiger partial charge in [0.1, 0.15) is 17.1 Å². The topological polar surface area (TPSA) is 98.8 Å². The molecule has 0 atom stereocenters. The van der Waals surface area contributed by atoms with E-state index < -0.39 is 17.9 Å². The van der Waals surface area contributed by atoms with E-state index in [1.54, 1.807) is 37.3 Å². The van der Waals surface area contributed by atoms with E-state index in [0.29, 0.717) is 41.1 Å². The van der Waals surface area contributed by atoms with Crippen molar-refractivity contribution in [1.82, 2.24) is 19.5 Å². The first-order valence-electron chi connectivity index (χ1n) is 10.4.